The highest BCUT2D eigenvalue weighted by molar-refractivity contribution is 5.39. The summed E-state index contributed by atoms with van der Waals surface area (Å²) in [6.07, 6.45) is 8.76. The number of nitrogens with two attached hydrogens (primary N) is 1. The maximum atomic E-state index is 5.72. The molecule has 0 bridgehead atoms. The Kier molecular flexibility index (Phi) is 3.29. The van der Waals surface area contributed by atoms with Crippen LogP contribution in [0.4, 0.5) is 5.69 Å². The van der Waals surface area contributed by atoms with Gasteiger partial charge < -0.3 is 5.73 Å². The van der Waals surface area contributed by atoms with E-state index in [9.17, 15) is 0 Å². The summed E-state index contributed by atoms with van der Waals surface area (Å²) in [5.41, 5.74) is 8.72. The quantitative estimate of drug-likeness (QED) is 0.808. The number of nitrogens with zero attached hydrogens (tertiary/aromatic N) is 1. The van der Waals surface area contributed by atoms with Crippen molar-refractivity contribution in [1.29, 1.82) is 0 Å². The molecule has 2 heteroatoms. The zero-order chi connectivity index (χ0) is 12.4. The van der Waals surface area contributed by atoms with E-state index in [1.165, 1.54) is 57.2 Å². The average molecular weight is 244 g/mol. The van der Waals surface area contributed by atoms with Crippen LogP contribution in [0, 0.1) is 5.41 Å². The van der Waals surface area contributed by atoms with E-state index >= 15 is 0 Å². The molecule has 1 aromatic carbocycles. The lowest BCUT2D eigenvalue weighted by Crippen LogP contribution is -2.38. The van der Waals surface area contributed by atoms with Gasteiger partial charge in [-0.15, -0.1) is 0 Å². The SMILES string of the molecule is Nc1ccc(CN2CCC3(CCCC3)CC2)cc1. The summed E-state index contributed by atoms with van der Waals surface area (Å²) >= 11 is 0. The highest BCUT2D eigenvalue weighted by Gasteiger charge is 2.36. The number of likely N-dealkylation sites (tertiary alicyclic amines) is 1. The molecule has 98 valence electrons. The molecule has 1 aromatic rings. The van der Waals surface area contributed by atoms with E-state index in [0.29, 0.717) is 0 Å². The van der Waals surface area contributed by atoms with Crippen molar-refractivity contribution in [2.45, 2.75) is 45.1 Å². The highest BCUT2D eigenvalue weighted by Crippen LogP contribution is 2.46. The fourth-order valence-corrected chi connectivity index (χ4v) is 3.69. The second kappa shape index (κ2) is 4.93. The molecule has 2 nitrogen and oxygen atoms in total. The second-order valence-electron chi connectivity index (χ2n) is 6.22. The van der Waals surface area contributed by atoms with E-state index in [4.69, 9.17) is 5.73 Å². The van der Waals surface area contributed by atoms with Gasteiger partial charge >= 0.3 is 0 Å². The van der Waals surface area contributed by atoms with Crippen LogP contribution in [0.25, 0.3) is 0 Å². The van der Waals surface area contributed by atoms with Crippen molar-refractivity contribution in [1.82, 2.24) is 4.90 Å². The number of anilines is 1. The Morgan fingerprint density at radius 3 is 2.17 bits per heavy atom. The van der Waals surface area contributed by atoms with E-state index < -0.39 is 0 Å². The molecule has 0 radical (unpaired) electrons. The topological polar surface area (TPSA) is 29.3 Å². The van der Waals surface area contributed by atoms with Gasteiger partial charge in [0.1, 0.15) is 0 Å². The predicted octanol–water partition coefficient (Wildman–Crippen LogP) is 3.43. The summed E-state index contributed by atoms with van der Waals surface area (Å²) in [6.45, 7) is 3.66. The first kappa shape index (κ1) is 12.0. The molecule has 0 amide bonds. The third-order valence-electron chi connectivity index (χ3n) is 4.97. The first-order chi connectivity index (χ1) is 8.76. The van der Waals surface area contributed by atoms with E-state index in [0.717, 1.165) is 17.6 Å². The molecule has 1 aliphatic heterocycles. The molecule has 0 atom stereocenters. The average Bonchev–Trinajstić information content (AvgIpc) is 2.84. The van der Waals surface area contributed by atoms with Gasteiger partial charge in [0.25, 0.3) is 0 Å². The lowest BCUT2D eigenvalue weighted by molar-refractivity contribution is 0.103. The summed E-state index contributed by atoms with van der Waals surface area (Å²) in [5, 5.41) is 0. The van der Waals surface area contributed by atoms with Gasteiger partial charge in [-0.3, -0.25) is 4.90 Å². The van der Waals surface area contributed by atoms with E-state index in [1.807, 2.05) is 12.1 Å². The molecule has 18 heavy (non-hydrogen) atoms. The smallest absolute Gasteiger partial charge is 0.0314 e. The normalized spacial score (nSPS) is 23.6. The molecule has 1 spiro atoms. The van der Waals surface area contributed by atoms with Crippen LogP contribution < -0.4 is 5.73 Å². The number of rotatable bonds is 2. The highest BCUT2D eigenvalue weighted by atomic mass is 15.1. The molecular formula is C16H24N2. The van der Waals surface area contributed by atoms with Crippen LogP contribution in [0.15, 0.2) is 24.3 Å². The van der Waals surface area contributed by atoms with E-state index in [2.05, 4.69) is 17.0 Å². The fourth-order valence-electron chi connectivity index (χ4n) is 3.69. The van der Waals surface area contributed by atoms with Gasteiger partial charge in [-0.1, -0.05) is 25.0 Å². The minimum atomic E-state index is 0.734. The van der Waals surface area contributed by atoms with Crippen molar-refractivity contribution in [3.63, 3.8) is 0 Å². The number of benzene rings is 1. The van der Waals surface area contributed by atoms with Crippen molar-refractivity contribution in [3.05, 3.63) is 29.8 Å². The van der Waals surface area contributed by atoms with Gasteiger partial charge in [-0.2, -0.15) is 0 Å². The van der Waals surface area contributed by atoms with Gasteiger partial charge in [0.05, 0.1) is 0 Å². The summed E-state index contributed by atoms with van der Waals surface area (Å²) in [4.78, 5) is 2.61. The van der Waals surface area contributed by atoms with Crippen LogP contribution in [0.2, 0.25) is 0 Å². The van der Waals surface area contributed by atoms with Crippen LogP contribution in [0.3, 0.4) is 0 Å². The molecule has 2 aliphatic rings. The van der Waals surface area contributed by atoms with Gasteiger partial charge in [-0.25, -0.2) is 0 Å². The Labute approximate surface area is 110 Å². The molecule has 0 aromatic heterocycles. The van der Waals surface area contributed by atoms with Crippen LogP contribution in [0.1, 0.15) is 44.1 Å². The summed E-state index contributed by atoms with van der Waals surface area (Å²) in [6, 6.07) is 8.35. The summed E-state index contributed by atoms with van der Waals surface area (Å²) in [7, 11) is 0. The van der Waals surface area contributed by atoms with Crippen molar-refractivity contribution in [3.8, 4) is 0 Å². The largest absolute Gasteiger partial charge is 0.399 e. The Bertz CT molecular complexity index is 380. The Morgan fingerprint density at radius 2 is 1.56 bits per heavy atom. The summed E-state index contributed by atoms with van der Waals surface area (Å²) in [5.74, 6) is 0. The minimum Gasteiger partial charge on any atom is -0.399 e. The molecule has 1 heterocycles. The molecule has 1 saturated carbocycles. The van der Waals surface area contributed by atoms with Crippen molar-refractivity contribution < 1.29 is 0 Å². The monoisotopic (exact) mass is 244 g/mol. The maximum Gasteiger partial charge on any atom is 0.0314 e. The standard InChI is InChI=1S/C16H24N2/c17-15-5-3-14(4-6-15)13-18-11-9-16(10-12-18)7-1-2-8-16/h3-6H,1-2,7-13,17H2. The molecular weight excluding hydrogens is 220 g/mol. The molecule has 1 saturated heterocycles. The number of hydrogen-bond donors (Lipinski definition) is 1. The molecule has 1 aliphatic carbocycles. The molecule has 0 unspecified atom stereocenters. The van der Waals surface area contributed by atoms with Gasteiger partial charge in [-0.05, 0) is 61.9 Å². The predicted molar refractivity (Wildman–Crippen MR) is 76.3 cm³/mol. The summed E-state index contributed by atoms with van der Waals surface area (Å²) < 4.78 is 0. The maximum absolute atomic E-state index is 5.72. The van der Waals surface area contributed by atoms with Crippen LogP contribution in [-0.2, 0) is 6.54 Å². The first-order valence-corrected chi connectivity index (χ1v) is 7.33. The van der Waals surface area contributed by atoms with E-state index in [-0.39, 0.29) is 0 Å². The minimum absolute atomic E-state index is 0.734. The zero-order valence-corrected chi connectivity index (χ0v) is 11.2. The van der Waals surface area contributed by atoms with Gasteiger partial charge in [0.15, 0.2) is 0 Å². The fraction of sp³-hybridized carbons (Fsp3) is 0.625. The zero-order valence-electron chi connectivity index (χ0n) is 11.2. The first-order valence-electron chi connectivity index (χ1n) is 7.33. The molecule has 2 N–H and O–H groups in total. The second-order valence-corrected chi connectivity index (χ2v) is 6.22. The molecule has 3 rings (SSSR count). The van der Waals surface area contributed by atoms with Crippen LogP contribution >= 0.6 is 0 Å². The van der Waals surface area contributed by atoms with Crippen LogP contribution in [0.5, 0.6) is 0 Å². The lowest BCUT2D eigenvalue weighted by Gasteiger charge is -2.39. The molecule has 2 fully saturated rings. The van der Waals surface area contributed by atoms with E-state index in [1.54, 1.807) is 0 Å². The van der Waals surface area contributed by atoms with Gasteiger partial charge in [0, 0.05) is 12.2 Å². The Balaban J connectivity index is 1.55. The third-order valence-corrected chi connectivity index (χ3v) is 4.97. The van der Waals surface area contributed by atoms with Crippen LogP contribution in [-0.4, -0.2) is 18.0 Å². The lowest BCUT2D eigenvalue weighted by atomic mass is 9.77. The van der Waals surface area contributed by atoms with Crippen molar-refractivity contribution >= 4 is 5.69 Å². The van der Waals surface area contributed by atoms with Crippen molar-refractivity contribution in [2.24, 2.45) is 5.41 Å². The Morgan fingerprint density at radius 1 is 0.944 bits per heavy atom. The number of piperidine rings is 1. The number of nitrogen functional groups attached to an aromatic ring is 1. The van der Waals surface area contributed by atoms with Gasteiger partial charge in [0.2, 0.25) is 0 Å². The Hall–Kier alpha value is -1.02. The number of hydrogen-bond acceptors (Lipinski definition) is 2. The third kappa shape index (κ3) is 2.54. The van der Waals surface area contributed by atoms with Crippen molar-refractivity contribution in [2.75, 3.05) is 18.8 Å².